The molecule has 2 N–H and O–H groups in total. The second kappa shape index (κ2) is 7.03. The van der Waals surface area contributed by atoms with Gasteiger partial charge in [-0.15, -0.1) is 6.58 Å². The second-order valence-electron chi connectivity index (χ2n) is 6.25. The fraction of sp³-hybridized carbons (Fsp3) is 0.0952. The Morgan fingerprint density at radius 1 is 1.36 bits per heavy atom. The topological polar surface area (TPSA) is 92.5 Å². The van der Waals surface area contributed by atoms with Crippen molar-refractivity contribution in [1.29, 1.82) is 0 Å². The number of allylic oxidation sites excluding steroid dienone is 1. The molecule has 0 amide bonds. The van der Waals surface area contributed by atoms with Crippen LogP contribution in [-0.2, 0) is 6.42 Å². The summed E-state index contributed by atoms with van der Waals surface area (Å²) in [6, 6.07) is 10.8. The number of hydrogen-bond acceptors (Lipinski definition) is 5. The molecule has 0 spiro atoms. The highest BCUT2D eigenvalue weighted by Crippen LogP contribution is 2.25. The van der Waals surface area contributed by atoms with E-state index in [0.717, 1.165) is 21.1 Å². The van der Waals surface area contributed by atoms with Gasteiger partial charge in [-0.3, -0.25) is 4.79 Å². The average Bonchev–Trinajstić information content (AvgIpc) is 3.08. The third kappa shape index (κ3) is 2.92. The lowest BCUT2D eigenvalue weighted by Gasteiger charge is -2.04. The minimum Gasteiger partial charge on any atom is -0.507 e. The van der Waals surface area contributed by atoms with E-state index in [1.54, 1.807) is 19.3 Å². The molecule has 7 nitrogen and oxygen atoms in total. The Morgan fingerprint density at radius 2 is 2.21 bits per heavy atom. The summed E-state index contributed by atoms with van der Waals surface area (Å²) < 4.78 is 6.38. The maximum absolute atomic E-state index is 12.8. The Balaban J connectivity index is 1.78. The van der Waals surface area contributed by atoms with Gasteiger partial charge >= 0.3 is 0 Å². The van der Waals surface area contributed by atoms with Crippen LogP contribution in [0.15, 0.2) is 65.3 Å². The van der Waals surface area contributed by atoms with Crippen LogP contribution in [0.4, 0.5) is 0 Å². The van der Waals surface area contributed by atoms with Crippen molar-refractivity contribution < 1.29 is 9.84 Å². The van der Waals surface area contributed by atoms with Crippen molar-refractivity contribution in [2.75, 3.05) is 7.11 Å². The molecule has 28 heavy (non-hydrogen) atoms. The van der Waals surface area contributed by atoms with Gasteiger partial charge in [0.2, 0.25) is 0 Å². The van der Waals surface area contributed by atoms with E-state index in [9.17, 15) is 9.90 Å². The lowest BCUT2D eigenvalue weighted by Crippen LogP contribution is -2.17. The Labute approximate surface area is 160 Å². The van der Waals surface area contributed by atoms with Crippen LogP contribution in [0, 0.1) is 0 Å². The predicted molar refractivity (Wildman–Crippen MR) is 109 cm³/mol. The van der Waals surface area contributed by atoms with Crippen molar-refractivity contribution in [3.8, 4) is 11.5 Å². The fourth-order valence-corrected chi connectivity index (χ4v) is 3.09. The number of rotatable bonds is 5. The highest BCUT2D eigenvalue weighted by molar-refractivity contribution is 6.04. The fourth-order valence-electron chi connectivity index (χ4n) is 3.09. The molecule has 0 aliphatic heterocycles. The summed E-state index contributed by atoms with van der Waals surface area (Å²) in [5.41, 5.74) is 2.61. The summed E-state index contributed by atoms with van der Waals surface area (Å²) in [5, 5.41) is 15.3. The molecule has 0 atom stereocenters. The molecule has 2 heterocycles. The number of para-hydroxylation sites is 1. The largest absolute Gasteiger partial charge is 0.507 e. The van der Waals surface area contributed by atoms with Gasteiger partial charge in [0.05, 0.1) is 13.3 Å². The molecule has 0 fully saturated rings. The number of benzene rings is 2. The number of phenolic OH excluding ortho intramolecular Hbond substituents is 1. The Bertz CT molecular complexity index is 1280. The number of nitrogens with one attached hydrogen (secondary N) is 1. The number of ether oxygens (including phenoxy) is 1. The molecule has 4 aromatic rings. The molecule has 140 valence electrons. The Morgan fingerprint density at radius 3 is 3.00 bits per heavy atom. The number of aromatic hydroxyl groups is 1. The summed E-state index contributed by atoms with van der Waals surface area (Å²) >= 11 is 0. The van der Waals surface area contributed by atoms with Crippen LogP contribution in [-0.4, -0.2) is 33.1 Å². The second-order valence-corrected chi connectivity index (χ2v) is 6.25. The number of nitrogens with zero attached hydrogens (tertiary/aromatic N) is 3. The minimum atomic E-state index is -0.335. The van der Waals surface area contributed by atoms with E-state index < -0.39 is 0 Å². The molecule has 2 aromatic heterocycles. The molecule has 0 saturated carbocycles. The molecule has 4 rings (SSSR count). The number of aromatic nitrogens is 3. The normalized spacial score (nSPS) is 11.5. The third-order valence-electron chi connectivity index (χ3n) is 4.53. The highest BCUT2D eigenvalue weighted by Gasteiger charge is 2.11. The van der Waals surface area contributed by atoms with E-state index >= 15 is 0 Å². The van der Waals surface area contributed by atoms with Gasteiger partial charge in [-0.1, -0.05) is 18.2 Å². The summed E-state index contributed by atoms with van der Waals surface area (Å²) in [4.78, 5) is 20.3. The van der Waals surface area contributed by atoms with Crippen LogP contribution in [0.5, 0.6) is 11.5 Å². The van der Waals surface area contributed by atoms with E-state index in [-0.39, 0.29) is 11.3 Å². The summed E-state index contributed by atoms with van der Waals surface area (Å²) in [7, 11) is 1.59. The minimum absolute atomic E-state index is 0.117. The maximum Gasteiger partial charge on any atom is 0.298 e. The lowest BCUT2D eigenvalue weighted by molar-refractivity contribution is 0.415. The molecule has 0 radical (unpaired) electrons. The first kappa shape index (κ1) is 17.5. The van der Waals surface area contributed by atoms with Crippen LogP contribution >= 0.6 is 0 Å². The van der Waals surface area contributed by atoms with E-state index in [4.69, 9.17) is 4.74 Å². The molecule has 0 saturated heterocycles. The van der Waals surface area contributed by atoms with Gasteiger partial charge < -0.3 is 14.8 Å². The van der Waals surface area contributed by atoms with Gasteiger partial charge in [0.1, 0.15) is 28.9 Å². The van der Waals surface area contributed by atoms with Crippen molar-refractivity contribution in [3.05, 3.63) is 76.9 Å². The number of H-pyrrole nitrogens is 1. The molecular weight excluding hydrogens is 356 g/mol. The van der Waals surface area contributed by atoms with E-state index in [2.05, 4.69) is 21.6 Å². The van der Waals surface area contributed by atoms with Crippen molar-refractivity contribution >= 4 is 28.2 Å². The molecular formula is C21H18N4O3. The number of fused-ring (bicyclic) bond motifs is 3. The highest BCUT2D eigenvalue weighted by atomic mass is 16.5. The first-order chi connectivity index (χ1) is 13.6. The van der Waals surface area contributed by atoms with Gasteiger partial charge in [-0.2, -0.15) is 9.78 Å². The van der Waals surface area contributed by atoms with E-state index in [1.807, 2.05) is 30.3 Å². The molecule has 7 heteroatoms. The van der Waals surface area contributed by atoms with Crippen molar-refractivity contribution in [1.82, 2.24) is 14.6 Å². The SMILES string of the molecule is C=CCc1cccc(C=Nn2cnc3c([nH]c4ccc(OC)cc43)c2=O)c1O. The van der Waals surface area contributed by atoms with Gasteiger partial charge in [-0.05, 0) is 36.2 Å². The molecule has 0 bridgehead atoms. The Kier molecular flexibility index (Phi) is 4.41. The monoisotopic (exact) mass is 374 g/mol. The molecule has 0 aliphatic rings. The van der Waals surface area contributed by atoms with E-state index in [1.165, 1.54) is 12.5 Å². The standard InChI is InChI=1S/C21H18N4O3/c1-3-5-13-6-4-7-14(20(13)26)11-23-25-12-22-18-16-10-15(28-2)8-9-17(16)24-19(18)21(25)27/h3-4,6-12,24,26H,1,5H2,2H3. The first-order valence-electron chi connectivity index (χ1n) is 8.65. The summed E-state index contributed by atoms with van der Waals surface area (Å²) in [6.07, 6.45) is 5.05. The number of phenols is 1. The number of aromatic amines is 1. The summed E-state index contributed by atoms with van der Waals surface area (Å²) in [6.45, 7) is 3.68. The van der Waals surface area contributed by atoms with Gasteiger partial charge in [0, 0.05) is 16.5 Å². The van der Waals surface area contributed by atoms with Crippen LogP contribution in [0.3, 0.4) is 0 Å². The van der Waals surface area contributed by atoms with Crippen LogP contribution < -0.4 is 10.3 Å². The van der Waals surface area contributed by atoms with E-state index in [0.29, 0.717) is 28.8 Å². The lowest BCUT2D eigenvalue weighted by atomic mass is 10.1. The third-order valence-corrected chi connectivity index (χ3v) is 4.53. The van der Waals surface area contributed by atoms with Gasteiger partial charge in [0.15, 0.2) is 0 Å². The number of hydrogen-bond donors (Lipinski definition) is 2. The van der Waals surface area contributed by atoms with Crippen LogP contribution in [0.1, 0.15) is 11.1 Å². The van der Waals surface area contributed by atoms with Crippen LogP contribution in [0.25, 0.3) is 21.9 Å². The van der Waals surface area contributed by atoms with Gasteiger partial charge in [0.25, 0.3) is 5.56 Å². The summed E-state index contributed by atoms with van der Waals surface area (Å²) in [5.74, 6) is 0.804. The zero-order chi connectivity index (χ0) is 19.7. The molecule has 2 aromatic carbocycles. The van der Waals surface area contributed by atoms with Crippen molar-refractivity contribution in [2.45, 2.75) is 6.42 Å². The predicted octanol–water partition coefficient (Wildman–Crippen LogP) is 3.20. The molecule has 0 unspecified atom stereocenters. The average molecular weight is 374 g/mol. The molecule has 0 aliphatic carbocycles. The zero-order valence-corrected chi connectivity index (χ0v) is 15.2. The van der Waals surface area contributed by atoms with Crippen LogP contribution in [0.2, 0.25) is 0 Å². The number of methoxy groups -OCH3 is 1. The van der Waals surface area contributed by atoms with Crippen molar-refractivity contribution in [3.63, 3.8) is 0 Å². The zero-order valence-electron chi connectivity index (χ0n) is 15.2. The van der Waals surface area contributed by atoms with Crippen molar-refractivity contribution in [2.24, 2.45) is 5.10 Å². The maximum atomic E-state index is 12.8. The quantitative estimate of drug-likeness (QED) is 0.414. The first-order valence-corrected chi connectivity index (χ1v) is 8.65. The smallest absolute Gasteiger partial charge is 0.298 e. The Hall–Kier alpha value is -3.87. The van der Waals surface area contributed by atoms with Gasteiger partial charge in [-0.25, -0.2) is 4.98 Å².